The molecule has 8 heteroatoms. The lowest BCUT2D eigenvalue weighted by atomic mass is 10.1. The van der Waals surface area contributed by atoms with Crippen molar-refractivity contribution in [3.63, 3.8) is 0 Å². The third kappa shape index (κ3) is 4.43. The fourth-order valence-corrected chi connectivity index (χ4v) is 3.15. The van der Waals surface area contributed by atoms with Crippen LogP contribution in [0.3, 0.4) is 0 Å². The molecule has 2 aromatic rings. The van der Waals surface area contributed by atoms with Crippen LogP contribution < -0.4 is 5.32 Å². The average molecular weight is 359 g/mol. The van der Waals surface area contributed by atoms with E-state index in [0.29, 0.717) is 26.4 Å². The molecule has 0 fully saturated rings. The standard InChI is InChI=1S/C14H12Cl2N2O3S/c1-7(14-18-11(6-22-14)5-12(19)20)13(21)17-10-3-8(15)2-9(16)4-10/h2-4,6-7H,5H2,1H3,(H,17,21)(H,19,20)/t7-/m0/s1. The number of carbonyl (C=O) groups excluding carboxylic acids is 1. The van der Waals surface area contributed by atoms with E-state index in [-0.39, 0.29) is 12.3 Å². The average Bonchev–Trinajstić information content (AvgIpc) is 2.84. The molecule has 0 saturated heterocycles. The summed E-state index contributed by atoms with van der Waals surface area (Å²) < 4.78 is 0. The maximum absolute atomic E-state index is 12.2. The maximum atomic E-state index is 12.2. The summed E-state index contributed by atoms with van der Waals surface area (Å²) in [6, 6.07) is 4.76. The molecular weight excluding hydrogens is 347 g/mol. The molecule has 0 aliphatic rings. The fraction of sp³-hybridized carbons (Fsp3) is 0.214. The van der Waals surface area contributed by atoms with Gasteiger partial charge in [0.1, 0.15) is 5.01 Å². The topological polar surface area (TPSA) is 79.3 Å². The van der Waals surface area contributed by atoms with Gasteiger partial charge in [0, 0.05) is 21.1 Å². The van der Waals surface area contributed by atoms with Crippen molar-refractivity contribution in [2.45, 2.75) is 19.3 Å². The molecule has 22 heavy (non-hydrogen) atoms. The number of rotatable bonds is 5. The van der Waals surface area contributed by atoms with Crippen molar-refractivity contribution in [3.05, 3.63) is 44.3 Å². The zero-order valence-electron chi connectivity index (χ0n) is 11.5. The Morgan fingerprint density at radius 3 is 2.55 bits per heavy atom. The molecule has 2 rings (SSSR count). The number of carboxylic acids is 1. The zero-order valence-corrected chi connectivity index (χ0v) is 13.8. The number of hydrogen-bond donors (Lipinski definition) is 2. The molecule has 0 aliphatic carbocycles. The van der Waals surface area contributed by atoms with Gasteiger partial charge in [0.25, 0.3) is 0 Å². The molecular formula is C14H12Cl2N2O3S. The van der Waals surface area contributed by atoms with Gasteiger partial charge in [-0.1, -0.05) is 23.2 Å². The quantitative estimate of drug-likeness (QED) is 0.851. The molecule has 0 unspecified atom stereocenters. The Labute approximate surface area is 140 Å². The number of benzene rings is 1. The molecule has 5 nitrogen and oxygen atoms in total. The van der Waals surface area contributed by atoms with Crippen LogP contribution in [0.25, 0.3) is 0 Å². The highest BCUT2D eigenvalue weighted by molar-refractivity contribution is 7.09. The first-order valence-electron chi connectivity index (χ1n) is 6.28. The molecule has 0 radical (unpaired) electrons. The highest BCUT2D eigenvalue weighted by Gasteiger charge is 2.20. The van der Waals surface area contributed by atoms with Crippen LogP contribution in [-0.2, 0) is 16.0 Å². The number of amides is 1. The van der Waals surface area contributed by atoms with Crippen LogP contribution >= 0.6 is 34.5 Å². The first-order valence-corrected chi connectivity index (χ1v) is 7.91. The van der Waals surface area contributed by atoms with E-state index >= 15 is 0 Å². The Morgan fingerprint density at radius 2 is 1.95 bits per heavy atom. The lowest BCUT2D eigenvalue weighted by Gasteiger charge is -2.10. The third-order valence-corrected chi connectivity index (χ3v) is 4.31. The van der Waals surface area contributed by atoms with Crippen LogP contribution in [0.5, 0.6) is 0 Å². The van der Waals surface area contributed by atoms with Crippen LogP contribution in [0, 0.1) is 0 Å². The summed E-state index contributed by atoms with van der Waals surface area (Å²) in [5, 5.41) is 14.5. The van der Waals surface area contributed by atoms with E-state index in [2.05, 4.69) is 10.3 Å². The molecule has 1 heterocycles. The summed E-state index contributed by atoms with van der Waals surface area (Å²) in [7, 11) is 0. The summed E-state index contributed by atoms with van der Waals surface area (Å²) in [5.41, 5.74) is 0.939. The molecule has 0 bridgehead atoms. The number of aliphatic carboxylic acids is 1. The number of aromatic nitrogens is 1. The van der Waals surface area contributed by atoms with E-state index in [4.69, 9.17) is 28.3 Å². The summed E-state index contributed by atoms with van der Waals surface area (Å²) in [5.74, 6) is -1.73. The van der Waals surface area contributed by atoms with Gasteiger partial charge in [-0.15, -0.1) is 11.3 Å². The Kier molecular flexibility index (Phi) is 5.39. The molecule has 1 aromatic heterocycles. The Balaban J connectivity index is 2.08. The first kappa shape index (κ1) is 16.7. The van der Waals surface area contributed by atoms with Crippen LogP contribution in [0.15, 0.2) is 23.6 Å². The number of hydrogen-bond acceptors (Lipinski definition) is 4. The highest BCUT2D eigenvalue weighted by Crippen LogP contribution is 2.25. The van der Waals surface area contributed by atoms with Gasteiger partial charge in [-0.3, -0.25) is 9.59 Å². The Morgan fingerprint density at radius 1 is 1.32 bits per heavy atom. The van der Waals surface area contributed by atoms with E-state index in [1.54, 1.807) is 30.5 Å². The van der Waals surface area contributed by atoms with Gasteiger partial charge in [0.15, 0.2) is 0 Å². The minimum atomic E-state index is -0.956. The van der Waals surface area contributed by atoms with E-state index in [0.717, 1.165) is 0 Å². The van der Waals surface area contributed by atoms with Gasteiger partial charge >= 0.3 is 5.97 Å². The van der Waals surface area contributed by atoms with Crippen molar-refractivity contribution in [2.75, 3.05) is 5.32 Å². The van der Waals surface area contributed by atoms with Gasteiger partial charge in [-0.05, 0) is 25.1 Å². The predicted octanol–water partition coefficient (Wildman–Crippen LogP) is 3.82. The Hall–Kier alpha value is -1.63. The van der Waals surface area contributed by atoms with Gasteiger partial charge in [-0.25, -0.2) is 4.98 Å². The van der Waals surface area contributed by atoms with E-state index in [1.807, 2.05) is 0 Å². The van der Waals surface area contributed by atoms with Gasteiger partial charge < -0.3 is 10.4 Å². The minimum Gasteiger partial charge on any atom is -0.481 e. The van der Waals surface area contributed by atoms with Crippen molar-refractivity contribution in [2.24, 2.45) is 0 Å². The van der Waals surface area contributed by atoms with E-state index in [9.17, 15) is 9.59 Å². The second kappa shape index (κ2) is 7.09. The normalized spacial score (nSPS) is 12.0. The fourth-order valence-electron chi connectivity index (χ4n) is 1.75. The molecule has 2 N–H and O–H groups in total. The smallest absolute Gasteiger partial charge is 0.309 e. The van der Waals surface area contributed by atoms with Crippen LogP contribution in [0.4, 0.5) is 5.69 Å². The third-order valence-electron chi connectivity index (χ3n) is 2.80. The number of halogens is 2. The van der Waals surface area contributed by atoms with E-state index in [1.165, 1.54) is 11.3 Å². The molecule has 0 aliphatic heterocycles. The van der Waals surface area contributed by atoms with E-state index < -0.39 is 11.9 Å². The molecule has 0 spiro atoms. The number of nitrogens with zero attached hydrogens (tertiary/aromatic N) is 1. The Bertz CT molecular complexity index is 698. The second-order valence-corrected chi connectivity index (χ2v) is 6.38. The van der Waals surface area contributed by atoms with Crippen molar-refractivity contribution >= 4 is 52.1 Å². The lowest BCUT2D eigenvalue weighted by Crippen LogP contribution is -2.18. The molecule has 116 valence electrons. The van der Waals surface area contributed by atoms with Crippen LogP contribution in [0.2, 0.25) is 10.0 Å². The SMILES string of the molecule is C[C@@H](C(=O)Nc1cc(Cl)cc(Cl)c1)c1nc(CC(=O)O)cs1. The van der Waals surface area contributed by atoms with Crippen molar-refractivity contribution in [3.8, 4) is 0 Å². The van der Waals surface area contributed by atoms with Gasteiger partial charge in [0.2, 0.25) is 5.91 Å². The second-order valence-electron chi connectivity index (χ2n) is 4.62. The number of nitrogens with one attached hydrogen (secondary N) is 1. The summed E-state index contributed by atoms with van der Waals surface area (Å²) in [6.07, 6.45) is -0.158. The molecule has 1 amide bonds. The molecule has 0 saturated carbocycles. The van der Waals surface area contributed by atoms with Crippen LogP contribution in [-0.4, -0.2) is 22.0 Å². The number of thiazole rings is 1. The highest BCUT2D eigenvalue weighted by atomic mass is 35.5. The molecule has 1 aromatic carbocycles. The summed E-state index contributed by atoms with van der Waals surface area (Å²) >= 11 is 13.0. The first-order chi connectivity index (χ1) is 10.3. The van der Waals surface area contributed by atoms with Crippen molar-refractivity contribution in [1.29, 1.82) is 0 Å². The maximum Gasteiger partial charge on any atom is 0.309 e. The molecule has 1 atom stereocenters. The largest absolute Gasteiger partial charge is 0.481 e. The predicted molar refractivity (Wildman–Crippen MR) is 87.0 cm³/mol. The lowest BCUT2D eigenvalue weighted by molar-refractivity contribution is -0.136. The monoisotopic (exact) mass is 358 g/mol. The number of carboxylic acid groups (broad SMARTS) is 1. The summed E-state index contributed by atoms with van der Waals surface area (Å²) in [4.78, 5) is 27.0. The minimum absolute atomic E-state index is 0.158. The van der Waals surface area contributed by atoms with Gasteiger partial charge in [0.05, 0.1) is 18.0 Å². The van der Waals surface area contributed by atoms with Gasteiger partial charge in [-0.2, -0.15) is 0 Å². The van der Waals surface area contributed by atoms with Crippen molar-refractivity contribution in [1.82, 2.24) is 4.98 Å². The number of carbonyl (C=O) groups is 2. The number of anilines is 1. The van der Waals surface area contributed by atoms with Crippen molar-refractivity contribution < 1.29 is 14.7 Å². The van der Waals surface area contributed by atoms with Crippen LogP contribution in [0.1, 0.15) is 23.5 Å². The zero-order chi connectivity index (χ0) is 16.3. The summed E-state index contributed by atoms with van der Waals surface area (Å²) in [6.45, 7) is 1.70.